The number of nitrogens with zero attached hydrogens (tertiary/aromatic N) is 1. The van der Waals surface area contributed by atoms with Crippen LogP contribution in [0.2, 0.25) is 0 Å². The molecule has 1 fully saturated rings. The van der Waals surface area contributed by atoms with Crippen molar-refractivity contribution in [2.75, 3.05) is 0 Å². The Kier molecular flexibility index (Phi) is 6.05. The summed E-state index contributed by atoms with van der Waals surface area (Å²) >= 11 is 0. The van der Waals surface area contributed by atoms with Crippen LogP contribution in [0.15, 0.2) is 54.6 Å². The van der Waals surface area contributed by atoms with Crippen molar-refractivity contribution in [3.05, 3.63) is 66.1 Å². The maximum Gasteiger partial charge on any atom is 0.163 e. The molecule has 1 aromatic heterocycles. The number of para-hydroxylation sites is 1. The van der Waals surface area contributed by atoms with Crippen LogP contribution in [0.5, 0.6) is 0 Å². The van der Waals surface area contributed by atoms with Crippen molar-refractivity contribution in [3.8, 4) is 11.1 Å². The lowest BCUT2D eigenvalue weighted by Crippen LogP contribution is -2.43. The van der Waals surface area contributed by atoms with E-state index in [2.05, 4.69) is 61.8 Å². The molecule has 0 N–H and O–H groups in total. The maximum atomic E-state index is 13.6. The molecule has 1 aliphatic heterocycles. The van der Waals surface area contributed by atoms with Crippen molar-refractivity contribution in [2.24, 2.45) is 0 Å². The fourth-order valence-corrected chi connectivity index (χ4v) is 4.64. The lowest BCUT2D eigenvalue weighted by atomic mass is 10.0. The van der Waals surface area contributed by atoms with Crippen LogP contribution in [-0.4, -0.2) is 22.6 Å². The molecule has 0 aliphatic carbocycles. The Hall–Kier alpha value is -2.43. The summed E-state index contributed by atoms with van der Waals surface area (Å²) in [5.41, 5.74) is 4.43. The summed E-state index contributed by atoms with van der Waals surface area (Å²) < 4.78 is 28.2. The Labute approximate surface area is 184 Å². The lowest BCUT2D eigenvalue weighted by Gasteiger charge is -2.39. The molecule has 4 heteroatoms. The van der Waals surface area contributed by atoms with Crippen LogP contribution >= 0.6 is 0 Å². The molecule has 4 rings (SSSR count). The number of benzene rings is 2. The predicted molar refractivity (Wildman–Crippen MR) is 125 cm³/mol. The fraction of sp³-hybridized carbons (Fsp3) is 0.407. The molecule has 2 aromatic carbocycles. The number of ether oxygens (including phenoxy) is 2. The molecule has 0 spiro atoms. The van der Waals surface area contributed by atoms with Crippen LogP contribution in [-0.2, 0) is 9.47 Å². The zero-order chi connectivity index (χ0) is 22.2. The first-order valence-corrected chi connectivity index (χ1v) is 11.2. The third-order valence-electron chi connectivity index (χ3n) is 5.90. The smallest absolute Gasteiger partial charge is 0.163 e. The first-order valence-electron chi connectivity index (χ1n) is 11.2. The van der Waals surface area contributed by atoms with Gasteiger partial charge in [0.2, 0.25) is 0 Å². The molecule has 0 unspecified atom stereocenters. The van der Waals surface area contributed by atoms with Gasteiger partial charge in [0.25, 0.3) is 0 Å². The third-order valence-corrected chi connectivity index (χ3v) is 5.90. The molecule has 164 valence electrons. The molecule has 31 heavy (non-hydrogen) atoms. The number of fused-ring (bicyclic) bond motifs is 1. The molecule has 1 saturated heterocycles. The molecular weight excluding hydrogens is 389 g/mol. The normalized spacial score (nSPS) is 21.4. The Morgan fingerprint density at radius 1 is 1.10 bits per heavy atom. The highest BCUT2D eigenvalue weighted by Crippen LogP contribution is 2.38. The second-order valence-electron chi connectivity index (χ2n) is 9.05. The van der Waals surface area contributed by atoms with Crippen molar-refractivity contribution in [1.82, 2.24) is 4.57 Å². The summed E-state index contributed by atoms with van der Waals surface area (Å²) in [7, 11) is 0. The first-order chi connectivity index (χ1) is 14.8. The monoisotopic (exact) mass is 421 g/mol. The van der Waals surface area contributed by atoms with Gasteiger partial charge in [-0.2, -0.15) is 0 Å². The van der Waals surface area contributed by atoms with E-state index in [1.165, 1.54) is 23.0 Å². The van der Waals surface area contributed by atoms with E-state index in [0.717, 1.165) is 29.7 Å². The third kappa shape index (κ3) is 4.46. The Bertz CT molecular complexity index is 1080. The quantitative estimate of drug-likeness (QED) is 0.429. The number of rotatable bonds is 5. The summed E-state index contributed by atoms with van der Waals surface area (Å²) in [4.78, 5) is 0. The van der Waals surface area contributed by atoms with Crippen LogP contribution in [0.25, 0.3) is 28.1 Å². The van der Waals surface area contributed by atoms with Gasteiger partial charge in [0, 0.05) is 34.6 Å². The average Bonchev–Trinajstić information content (AvgIpc) is 3.06. The first kappa shape index (κ1) is 21.8. The molecule has 0 radical (unpaired) electrons. The van der Waals surface area contributed by atoms with E-state index >= 15 is 0 Å². The largest absolute Gasteiger partial charge is 0.347 e. The van der Waals surface area contributed by atoms with Crippen LogP contribution in [0.3, 0.4) is 0 Å². The van der Waals surface area contributed by atoms with E-state index in [9.17, 15) is 4.39 Å². The van der Waals surface area contributed by atoms with Crippen LogP contribution in [0, 0.1) is 5.82 Å². The highest BCUT2D eigenvalue weighted by atomic mass is 19.1. The number of hydrogen-bond acceptors (Lipinski definition) is 2. The van der Waals surface area contributed by atoms with Gasteiger partial charge in [0.15, 0.2) is 5.79 Å². The molecule has 0 amide bonds. The Morgan fingerprint density at radius 2 is 1.81 bits per heavy atom. The van der Waals surface area contributed by atoms with E-state index in [4.69, 9.17) is 9.47 Å². The maximum absolute atomic E-state index is 13.6. The summed E-state index contributed by atoms with van der Waals surface area (Å²) in [6.07, 6.45) is 6.30. The summed E-state index contributed by atoms with van der Waals surface area (Å²) in [5, 5.41) is 1.17. The number of hydrogen-bond donors (Lipinski definition) is 0. The predicted octanol–water partition coefficient (Wildman–Crippen LogP) is 7.36. The van der Waals surface area contributed by atoms with Gasteiger partial charge in [-0.3, -0.25) is 0 Å². The summed E-state index contributed by atoms with van der Waals surface area (Å²) in [6, 6.07) is 15.5. The van der Waals surface area contributed by atoms with Gasteiger partial charge in [0.1, 0.15) is 5.82 Å². The van der Waals surface area contributed by atoms with Gasteiger partial charge in [-0.15, -0.1) is 0 Å². The van der Waals surface area contributed by atoms with Crippen LogP contribution in [0.1, 0.15) is 59.2 Å². The van der Waals surface area contributed by atoms with Gasteiger partial charge in [-0.05, 0) is 64.0 Å². The molecule has 1 aliphatic rings. The van der Waals surface area contributed by atoms with Gasteiger partial charge in [-0.25, -0.2) is 4.39 Å². The molecule has 3 nitrogen and oxygen atoms in total. The van der Waals surface area contributed by atoms with Crippen molar-refractivity contribution < 1.29 is 13.9 Å². The Morgan fingerprint density at radius 3 is 2.48 bits per heavy atom. The highest BCUT2D eigenvalue weighted by Gasteiger charge is 2.33. The number of halogens is 1. The molecule has 2 heterocycles. The standard InChI is InChI=1S/C27H32FNO2/c1-6-21-17-22(31-27(4,5)30-21)15-16-25-26(19-11-13-20(28)14-12-19)23-9-7-8-10-24(23)29(25)18(2)3/h7-16,18,21-22H,6,17H2,1-5H3/b16-15+/t21-,22+/m0/s1. The molecule has 2 atom stereocenters. The van der Waals surface area contributed by atoms with E-state index in [1.54, 1.807) is 0 Å². The van der Waals surface area contributed by atoms with Crippen molar-refractivity contribution in [2.45, 2.75) is 71.5 Å². The number of aromatic nitrogens is 1. The van der Waals surface area contributed by atoms with Gasteiger partial charge < -0.3 is 14.0 Å². The van der Waals surface area contributed by atoms with Gasteiger partial charge in [-0.1, -0.05) is 43.3 Å². The van der Waals surface area contributed by atoms with E-state index in [1.807, 2.05) is 26.0 Å². The topological polar surface area (TPSA) is 23.4 Å². The SMILES string of the molecule is CC[C@H]1C[C@@H](/C=C/c2c(-c3ccc(F)cc3)c3ccccc3n2C(C)C)OC(C)(C)O1. The van der Waals surface area contributed by atoms with Gasteiger partial charge in [0.05, 0.1) is 12.2 Å². The second kappa shape index (κ2) is 8.60. The summed E-state index contributed by atoms with van der Waals surface area (Å²) in [6.45, 7) is 10.5. The lowest BCUT2D eigenvalue weighted by molar-refractivity contribution is -0.290. The van der Waals surface area contributed by atoms with Crippen molar-refractivity contribution in [3.63, 3.8) is 0 Å². The van der Waals surface area contributed by atoms with Crippen molar-refractivity contribution in [1.29, 1.82) is 0 Å². The fourth-order valence-electron chi connectivity index (χ4n) is 4.64. The van der Waals surface area contributed by atoms with Crippen LogP contribution in [0.4, 0.5) is 4.39 Å². The van der Waals surface area contributed by atoms with E-state index in [-0.39, 0.29) is 24.1 Å². The van der Waals surface area contributed by atoms with Crippen LogP contribution < -0.4 is 0 Å². The van der Waals surface area contributed by atoms with E-state index in [0.29, 0.717) is 0 Å². The van der Waals surface area contributed by atoms with E-state index < -0.39 is 5.79 Å². The zero-order valence-electron chi connectivity index (χ0n) is 19.1. The highest BCUT2D eigenvalue weighted by molar-refractivity contribution is 6.01. The zero-order valence-corrected chi connectivity index (χ0v) is 19.1. The minimum atomic E-state index is -0.599. The van der Waals surface area contributed by atoms with Gasteiger partial charge >= 0.3 is 0 Å². The second-order valence-corrected chi connectivity index (χ2v) is 9.05. The molecule has 0 saturated carbocycles. The Balaban J connectivity index is 1.84. The minimum Gasteiger partial charge on any atom is -0.347 e. The summed E-state index contributed by atoms with van der Waals surface area (Å²) in [5.74, 6) is -0.824. The molecule has 3 aromatic rings. The van der Waals surface area contributed by atoms with Crippen molar-refractivity contribution >= 4 is 17.0 Å². The molecule has 0 bridgehead atoms. The minimum absolute atomic E-state index is 0.0200. The molecular formula is C27H32FNO2. The average molecular weight is 422 g/mol.